The van der Waals surface area contributed by atoms with Crippen LogP contribution in [0.5, 0.6) is 0 Å². The van der Waals surface area contributed by atoms with E-state index < -0.39 is 0 Å². The zero-order valence-corrected chi connectivity index (χ0v) is 12.9. The van der Waals surface area contributed by atoms with Crippen molar-refractivity contribution >= 4 is 11.6 Å². The van der Waals surface area contributed by atoms with E-state index in [0.29, 0.717) is 0 Å². The van der Waals surface area contributed by atoms with E-state index in [9.17, 15) is 0 Å². The molecule has 0 aliphatic rings. The van der Waals surface area contributed by atoms with E-state index in [0.717, 1.165) is 40.2 Å². The standard InChI is InChI=1S/C15H21ClN4/c1-4-14-12(9-20(3)19-14)15(18-17)8-11-6-5-10(2)7-13(11)16/h5-7,9,15,18H,4,8,17H2,1-3H3. The van der Waals surface area contributed by atoms with Gasteiger partial charge in [-0.25, -0.2) is 0 Å². The maximum Gasteiger partial charge on any atom is 0.0670 e. The molecule has 2 aromatic rings. The number of aromatic nitrogens is 2. The number of hydrogen-bond donors (Lipinski definition) is 2. The van der Waals surface area contributed by atoms with E-state index in [4.69, 9.17) is 17.4 Å². The third-order valence-electron chi connectivity index (χ3n) is 3.48. The van der Waals surface area contributed by atoms with Crippen LogP contribution in [0.4, 0.5) is 0 Å². The number of hydrazine groups is 1. The zero-order valence-electron chi connectivity index (χ0n) is 12.2. The fraction of sp³-hybridized carbons (Fsp3) is 0.400. The smallest absolute Gasteiger partial charge is 0.0670 e. The molecule has 1 unspecified atom stereocenters. The number of halogens is 1. The van der Waals surface area contributed by atoms with Crippen molar-refractivity contribution in [1.29, 1.82) is 0 Å². The van der Waals surface area contributed by atoms with E-state index in [1.165, 1.54) is 0 Å². The average Bonchev–Trinajstić information content (AvgIpc) is 2.79. The molecule has 0 saturated heterocycles. The third kappa shape index (κ3) is 3.20. The summed E-state index contributed by atoms with van der Waals surface area (Å²) in [7, 11) is 1.93. The van der Waals surface area contributed by atoms with Crippen LogP contribution < -0.4 is 11.3 Å². The Hall–Kier alpha value is -1.36. The van der Waals surface area contributed by atoms with Crippen LogP contribution in [-0.4, -0.2) is 9.78 Å². The van der Waals surface area contributed by atoms with Crippen molar-refractivity contribution < 1.29 is 0 Å². The van der Waals surface area contributed by atoms with Crippen molar-refractivity contribution in [2.75, 3.05) is 0 Å². The highest BCUT2D eigenvalue weighted by Crippen LogP contribution is 2.25. The Morgan fingerprint density at radius 2 is 2.20 bits per heavy atom. The molecule has 0 radical (unpaired) electrons. The molecule has 5 heteroatoms. The van der Waals surface area contributed by atoms with E-state index in [1.807, 2.05) is 30.9 Å². The summed E-state index contributed by atoms with van der Waals surface area (Å²) in [6, 6.07) is 6.12. The number of nitrogens with zero attached hydrogens (tertiary/aromatic N) is 2. The lowest BCUT2D eigenvalue weighted by molar-refractivity contribution is 0.547. The topological polar surface area (TPSA) is 55.9 Å². The lowest BCUT2D eigenvalue weighted by Gasteiger charge is -2.17. The quantitative estimate of drug-likeness (QED) is 0.658. The summed E-state index contributed by atoms with van der Waals surface area (Å²) >= 11 is 6.31. The van der Waals surface area contributed by atoms with E-state index in [-0.39, 0.29) is 6.04 Å². The fourth-order valence-electron chi connectivity index (χ4n) is 2.42. The van der Waals surface area contributed by atoms with Gasteiger partial charge in [-0.05, 0) is 37.0 Å². The second-order valence-corrected chi connectivity index (χ2v) is 5.48. The summed E-state index contributed by atoms with van der Waals surface area (Å²) in [5, 5.41) is 5.25. The number of rotatable bonds is 5. The summed E-state index contributed by atoms with van der Waals surface area (Å²) < 4.78 is 1.83. The van der Waals surface area contributed by atoms with Gasteiger partial charge in [0.2, 0.25) is 0 Å². The molecule has 0 saturated carbocycles. The van der Waals surface area contributed by atoms with Crippen molar-refractivity contribution in [3.63, 3.8) is 0 Å². The van der Waals surface area contributed by atoms with Crippen LogP contribution in [0.3, 0.4) is 0 Å². The van der Waals surface area contributed by atoms with Crippen LogP contribution >= 0.6 is 11.6 Å². The first-order chi connectivity index (χ1) is 9.55. The number of hydrogen-bond acceptors (Lipinski definition) is 3. The van der Waals surface area contributed by atoms with Gasteiger partial charge in [0.1, 0.15) is 0 Å². The van der Waals surface area contributed by atoms with Gasteiger partial charge in [-0.3, -0.25) is 16.0 Å². The molecule has 1 atom stereocenters. The van der Waals surface area contributed by atoms with Crippen LogP contribution in [0.25, 0.3) is 0 Å². The predicted molar refractivity (Wildman–Crippen MR) is 82.5 cm³/mol. The average molecular weight is 293 g/mol. The molecule has 0 amide bonds. The molecule has 2 rings (SSSR count). The highest BCUT2D eigenvalue weighted by atomic mass is 35.5. The second-order valence-electron chi connectivity index (χ2n) is 5.08. The van der Waals surface area contributed by atoms with Gasteiger partial charge in [-0.15, -0.1) is 0 Å². The van der Waals surface area contributed by atoms with Crippen molar-refractivity contribution in [2.45, 2.75) is 32.7 Å². The maximum absolute atomic E-state index is 6.31. The lowest BCUT2D eigenvalue weighted by Crippen LogP contribution is -2.30. The zero-order chi connectivity index (χ0) is 14.7. The van der Waals surface area contributed by atoms with E-state index >= 15 is 0 Å². The van der Waals surface area contributed by atoms with Gasteiger partial charge in [0.15, 0.2) is 0 Å². The second kappa shape index (κ2) is 6.39. The Kier molecular flexibility index (Phi) is 4.81. The van der Waals surface area contributed by atoms with E-state index in [1.54, 1.807) is 0 Å². The van der Waals surface area contributed by atoms with Crippen LogP contribution in [0.2, 0.25) is 5.02 Å². The lowest BCUT2D eigenvalue weighted by atomic mass is 9.98. The van der Waals surface area contributed by atoms with Crippen LogP contribution in [0, 0.1) is 6.92 Å². The Morgan fingerprint density at radius 3 is 2.80 bits per heavy atom. The molecule has 0 aliphatic carbocycles. The SMILES string of the molecule is CCc1nn(C)cc1C(Cc1ccc(C)cc1Cl)NN. The van der Waals surface area contributed by atoms with Gasteiger partial charge in [0.05, 0.1) is 11.7 Å². The van der Waals surface area contributed by atoms with Crippen molar-refractivity contribution in [1.82, 2.24) is 15.2 Å². The number of aryl methyl sites for hydroxylation is 3. The molecule has 0 spiro atoms. The predicted octanol–water partition coefficient (Wildman–Crippen LogP) is 2.69. The highest BCUT2D eigenvalue weighted by molar-refractivity contribution is 6.31. The number of nitrogens with two attached hydrogens (primary N) is 1. The van der Waals surface area contributed by atoms with Gasteiger partial charge < -0.3 is 0 Å². The molecule has 3 N–H and O–H groups in total. The maximum atomic E-state index is 6.31. The fourth-order valence-corrected chi connectivity index (χ4v) is 2.73. The van der Waals surface area contributed by atoms with Crippen LogP contribution in [-0.2, 0) is 19.9 Å². The van der Waals surface area contributed by atoms with Crippen LogP contribution in [0.15, 0.2) is 24.4 Å². The van der Waals surface area contributed by atoms with Gasteiger partial charge in [-0.1, -0.05) is 30.7 Å². The molecule has 108 valence electrons. The Balaban J connectivity index is 2.28. The first-order valence-corrected chi connectivity index (χ1v) is 7.16. The summed E-state index contributed by atoms with van der Waals surface area (Å²) in [5.41, 5.74) is 7.33. The van der Waals surface area contributed by atoms with E-state index in [2.05, 4.69) is 29.6 Å². The minimum Gasteiger partial charge on any atom is -0.275 e. The largest absolute Gasteiger partial charge is 0.275 e. The molecule has 0 bridgehead atoms. The number of nitrogens with one attached hydrogen (secondary N) is 1. The molecule has 1 aromatic carbocycles. The van der Waals surface area contributed by atoms with Crippen molar-refractivity contribution in [2.24, 2.45) is 12.9 Å². The van der Waals surface area contributed by atoms with Crippen molar-refractivity contribution in [3.8, 4) is 0 Å². The molecule has 1 aromatic heterocycles. The summed E-state index contributed by atoms with van der Waals surface area (Å²) in [4.78, 5) is 0. The highest BCUT2D eigenvalue weighted by Gasteiger charge is 2.18. The molecular weight excluding hydrogens is 272 g/mol. The molecule has 0 fully saturated rings. The third-order valence-corrected chi connectivity index (χ3v) is 3.83. The van der Waals surface area contributed by atoms with Crippen LogP contribution in [0.1, 0.15) is 35.3 Å². The Morgan fingerprint density at radius 1 is 1.45 bits per heavy atom. The summed E-state index contributed by atoms with van der Waals surface area (Å²) in [6.45, 7) is 4.13. The molecule has 0 aliphatic heterocycles. The minimum absolute atomic E-state index is 0.0128. The monoisotopic (exact) mass is 292 g/mol. The molecule has 1 heterocycles. The summed E-state index contributed by atoms with van der Waals surface area (Å²) in [6.07, 6.45) is 3.65. The van der Waals surface area contributed by atoms with Gasteiger partial charge in [-0.2, -0.15) is 5.10 Å². The summed E-state index contributed by atoms with van der Waals surface area (Å²) in [5.74, 6) is 5.74. The molecule has 4 nitrogen and oxygen atoms in total. The molecular formula is C15H21ClN4. The normalized spacial score (nSPS) is 12.7. The minimum atomic E-state index is 0.0128. The first kappa shape index (κ1) is 15.0. The Bertz CT molecular complexity index is 592. The number of benzene rings is 1. The first-order valence-electron chi connectivity index (χ1n) is 6.78. The van der Waals surface area contributed by atoms with Gasteiger partial charge >= 0.3 is 0 Å². The van der Waals surface area contributed by atoms with Gasteiger partial charge in [0.25, 0.3) is 0 Å². The van der Waals surface area contributed by atoms with Gasteiger partial charge in [0, 0.05) is 23.8 Å². The van der Waals surface area contributed by atoms with Crippen molar-refractivity contribution in [3.05, 3.63) is 51.8 Å². The molecule has 20 heavy (non-hydrogen) atoms. The Labute approximate surface area is 124 Å².